The molecular formula is C16H13ClN2. The molecule has 2 nitrogen and oxygen atoms in total. The van der Waals surface area contributed by atoms with Gasteiger partial charge in [-0.3, -0.25) is 4.98 Å². The fourth-order valence-corrected chi connectivity index (χ4v) is 2.22. The Kier molecular flexibility index (Phi) is 3.34. The van der Waals surface area contributed by atoms with E-state index in [0.29, 0.717) is 5.88 Å². The second kappa shape index (κ2) is 5.29. The lowest BCUT2D eigenvalue weighted by Gasteiger charge is -2.09. The molecule has 0 bridgehead atoms. The summed E-state index contributed by atoms with van der Waals surface area (Å²) in [6, 6.07) is 18.2. The van der Waals surface area contributed by atoms with Gasteiger partial charge >= 0.3 is 0 Å². The SMILES string of the molecule is ClCc1ccc(Nc2ccnc3ccccc23)cc1. The van der Waals surface area contributed by atoms with Crippen molar-refractivity contribution in [1.82, 2.24) is 4.98 Å². The number of pyridine rings is 1. The third-order valence-corrected chi connectivity index (χ3v) is 3.34. The average molecular weight is 269 g/mol. The summed E-state index contributed by atoms with van der Waals surface area (Å²) >= 11 is 5.79. The zero-order valence-corrected chi connectivity index (χ0v) is 11.1. The molecular weight excluding hydrogens is 256 g/mol. The number of rotatable bonds is 3. The van der Waals surface area contributed by atoms with E-state index in [1.807, 2.05) is 54.7 Å². The Morgan fingerprint density at radius 2 is 1.74 bits per heavy atom. The normalized spacial score (nSPS) is 10.6. The monoisotopic (exact) mass is 268 g/mol. The smallest absolute Gasteiger partial charge is 0.0722 e. The first-order valence-electron chi connectivity index (χ1n) is 6.12. The van der Waals surface area contributed by atoms with Crippen molar-refractivity contribution in [3.63, 3.8) is 0 Å². The van der Waals surface area contributed by atoms with Crippen LogP contribution in [0.25, 0.3) is 10.9 Å². The van der Waals surface area contributed by atoms with E-state index in [1.165, 1.54) is 0 Å². The third kappa shape index (κ3) is 2.54. The van der Waals surface area contributed by atoms with Crippen LogP contribution in [0.3, 0.4) is 0 Å². The lowest BCUT2D eigenvalue weighted by Crippen LogP contribution is -1.92. The molecule has 0 amide bonds. The number of fused-ring (bicyclic) bond motifs is 1. The van der Waals surface area contributed by atoms with Gasteiger partial charge in [0.1, 0.15) is 0 Å². The second-order valence-electron chi connectivity index (χ2n) is 4.33. The van der Waals surface area contributed by atoms with Gasteiger partial charge in [0.25, 0.3) is 0 Å². The van der Waals surface area contributed by atoms with Crippen LogP contribution in [0.1, 0.15) is 5.56 Å². The highest BCUT2D eigenvalue weighted by molar-refractivity contribution is 6.17. The summed E-state index contributed by atoms with van der Waals surface area (Å²) in [7, 11) is 0. The minimum atomic E-state index is 0.540. The van der Waals surface area contributed by atoms with E-state index in [4.69, 9.17) is 11.6 Å². The van der Waals surface area contributed by atoms with Crippen molar-refractivity contribution >= 4 is 33.9 Å². The van der Waals surface area contributed by atoms with Crippen molar-refractivity contribution in [2.24, 2.45) is 0 Å². The number of benzene rings is 2. The molecule has 0 radical (unpaired) electrons. The number of nitrogens with one attached hydrogen (secondary N) is 1. The topological polar surface area (TPSA) is 24.9 Å². The first kappa shape index (κ1) is 12.0. The van der Waals surface area contributed by atoms with Crippen molar-refractivity contribution in [3.8, 4) is 0 Å². The van der Waals surface area contributed by atoms with Gasteiger partial charge in [0.2, 0.25) is 0 Å². The molecule has 0 fully saturated rings. The minimum absolute atomic E-state index is 0.540. The summed E-state index contributed by atoms with van der Waals surface area (Å²) in [5.41, 5.74) is 4.21. The number of nitrogens with zero attached hydrogens (tertiary/aromatic N) is 1. The van der Waals surface area contributed by atoms with Gasteiger partial charge in [-0.25, -0.2) is 0 Å². The van der Waals surface area contributed by atoms with Crippen LogP contribution in [-0.2, 0) is 5.88 Å². The molecule has 0 atom stereocenters. The predicted octanol–water partition coefficient (Wildman–Crippen LogP) is 4.72. The maximum atomic E-state index is 5.79. The van der Waals surface area contributed by atoms with Crippen LogP contribution in [0.2, 0.25) is 0 Å². The van der Waals surface area contributed by atoms with Gasteiger partial charge in [-0.2, -0.15) is 0 Å². The molecule has 94 valence electrons. The van der Waals surface area contributed by atoms with Gasteiger partial charge < -0.3 is 5.32 Å². The zero-order chi connectivity index (χ0) is 13.1. The fraction of sp³-hybridized carbons (Fsp3) is 0.0625. The molecule has 1 N–H and O–H groups in total. The predicted molar refractivity (Wildman–Crippen MR) is 81.0 cm³/mol. The molecule has 3 aromatic rings. The molecule has 2 aromatic carbocycles. The molecule has 0 spiro atoms. The molecule has 0 saturated heterocycles. The van der Waals surface area contributed by atoms with E-state index in [9.17, 15) is 0 Å². The molecule has 3 rings (SSSR count). The summed E-state index contributed by atoms with van der Waals surface area (Å²) in [6.07, 6.45) is 1.82. The summed E-state index contributed by atoms with van der Waals surface area (Å²) in [5.74, 6) is 0.540. The number of para-hydroxylation sites is 1. The van der Waals surface area contributed by atoms with E-state index in [-0.39, 0.29) is 0 Å². The van der Waals surface area contributed by atoms with Crippen LogP contribution < -0.4 is 5.32 Å². The van der Waals surface area contributed by atoms with Gasteiger partial charge in [-0.1, -0.05) is 30.3 Å². The summed E-state index contributed by atoms with van der Waals surface area (Å²) in [6.45, 7) is 0. The number of anilines is 2. The van der Waals surface area contributed by atoms with Crippen LogP contribution in [0.4, 0.5) is 11.4 Å². The van der Waals surface area contributed by atoms with Crippen LogP contribution >= 0.6 is 11.6 Å². The molecule has 1 heterocycles. The molecule has 0 saturated carbocycles. The van der Waals surface area contributed by atoms with Crippen molar-refractivity contribution in [3.05, 3.63) is 66.4 Å². The Labute approximate surface area is 117 Å². The zero-order valence-electron chi connectivity index (χ0n) is 10.3. The lowest BCUT2D eigenvalue weighted by molar-refractivity contribution is 1.38. The number of aromatic nitrogens is 1. The molecule has 19 heavy (non-hydrogen) atoms. The highest BCUT2D eigenvalue weighted by Gasteiger charge is 2.01. The summed E-state index contributed by atoms with van der Waals surface area (Å²) in [5, 5.41) is 4.53. The van der Waals surface area contributed by atoms with Crippen LogP contribution in [0.5, 0.6) is 0 Å². The van der Waals surface area contributed by atoms with Gasteiger partial charge in [-0.05, 0) is 29.8 Å². The van der Waals surface area contributed by atoms with E-state index < -0.39 is 0 Å². The maximum absolute atomic E-state index is 5.79. The summed E-state index contributed by atoms with van der Waals surface area (Å²) < 4.78 is 0. The van der Waals surface area contributed by atoms with Gasteiger partial charge in [0.15, 0.2) is 0 Å². The third-order valence-electron chi connectivity index (χ3n) is 3.04. The van der Waals surface area contributed by atoms with Crippen molar-refractivity contribution in [1.29, 1.82) is 0 Å². The number of hydrogen-bond donors (Lipinski definition) is 1. The first-order chi connectivity index (χ1) is 9.36. The van der Waals surface area contributed by atoms with Crippen LogP contribution in [0, 0.1) is 0 Å². The minimum Gasteiger partial charge on any atom is -0.355 e. The largest absolute Gasteiger partial charge is 0.355 e. The van der Waals surface area contributed by atoms with Gasteiger partial charge in [0, 0.05) is 28.8 Å². The molecule has 3 heteroatoms. The van der Waals surface area contributed by atoms with Gasteiger partial charge in [-0.15, -0.1) is 11.6 Å². The Hall–Kier alpha value is -2.06. The van der Waals surface area contributed by atoms with E-state index in [0.717, 1.165) is 27.8 Å². The maximum Gasteiger partial charge on any atom is 0.0722 e. The van der Waals surface area contributed by atoms with E-state index in [1.54, 1.807) is 0 Å². The molecule has 0 aliphatic rings. The molecule has 0 aliphatic heterocycles. The van der Waals surface area contributed by atoms with Crippen molar-refractivity contribution in [2.75, 3.05) is 5.32 Å². The lowest BCUT2D eigenvalue weighted by atomic mass is 10.1. The second-order valence-corrected chi connectivity index (χ2v) is 4.60. The van der Waals surface area contributed by atoms with Crippen LogP contribution in [0.15, 0.2) is 60.8 Å². The van der Waals surface area contributed by atoms with Crippen molar-refractivity contribution < 1.29 is 0 Å². The van der Waals surface area contributed by atoms with E-state index >= 15 is 0 Å². The first-order valence-corrected chi connectivity index (χ1v) is 6.66. The average Bonchev–Trinajstić information content (AvgIpc) is 2.48. The number of alkyl halides is 1. The summed E-state index contributed by atoms with van der Waals surface area (Å²) in [4.78, 5) is 4.35. The van der Waals surface area contributed by atoms with E-state index in [2.05, 4.69) is 16.4 Å². The quantitative estimate of drug-likeness (QED) is 0.696. The standard InChI is InChI=1S/C16H13ClN2/c17-11-12-5-7-13(8-6-12)19-16-9-10-18-15-4-2-1-3-14(15)16/h1-10H,11H2,(H,18,19). The molecule has 0 unspecified atom stereocenters. The highest BCUT2D eigenvalue weighted by atomic mass is 35.5. The van der Waals surface area contributed by atoms with Crippen LogP contribution in [-0.4, -0.2) is 4.98 Å². The Morgan fingerprint density at radius 3 is 2.53 bits per heavy atom. The number of halogens is 1. The fourth-order valence-electron chi connectivity index (χ4n) is 2.04. The molecule has 1 aromatic heterocycles. The van der Waals surface area contributed by atoms with Crippen molar-refractivity contribution in [2.45, 2.75) is 5.88 Å². The highest BCUT2D eigenvalue weighted by Crippen LogP contribution is 2.25. The Morgan fingerprint density at radius 1 is 0.947 bits per heavy atom. The van der Waals surface area contributed by atoms with Gasteiger partial charge in [0.05, 0.1) is 5.52 Å². The number of hydrogen-bond acceptors (Lipinski definition) is 2. The Bertz CT molecular complexity index is 687. The Balaban J connectivity index is 1.96. The molecule has 0 aliphatic carbocycles.